The largest absolute Gasteiger partial charge is 0.508 e. The maximum atomic E-state index is 10.5. The van der Waals surface area contributed by atoms with Crippen LogP contribution in [-0.2, 0) is 11.2 Å². The van der Waals surface area contributed by atoms with Gasteiger partial charge in [-0.1, -0.05) is 0 Å². The van der Waals surface area contributed by atoms with Crippen molar-refractivity contribution in [2.24, 2.45) is 0 Å². The molecule has 0 aromatic heterocycles. The van der Waals surface area contributed by atoms with E-state index in [4.69, 9.17) is 5.11 Å². The van der Waals surface area contributed by atoms with Crippen LogP contribution >= 0.6 is 0 Å². The summed E-state index contributed by atoms with van der Waals surface area (Å²) in [5.74, 6) is 0.265. The first-order valence-electron chi connectivity index (χ1n) is 3.85. The number of hydrogen-bond acceptors (Lipinski definition) is 2. The quantitative estimate of drug-likeness (QED) is 0.625. The Kier molecular flexibility index (Phi) is 1.50. The molecule has 1 aromatic carbocycles. The van der Waals surface area contributed by atoms with Crippen molar-refractivity contribution in [3.05, 3.63) is 23.8 Å². The van der Waals surface area contributed by atoms with Crippen LogP contribution in [0.4, 0.5) is 5.69 Å². The SMILES string of the molecule is O=CN1CCc2cc(O)ccc21. The third-order valence-corrected chi connectivity index (χ3v) is 2.12. The van der Waals surface area contributed by atoms with Gasteiger partial charge in [-0.3, -0.25) is 4.79 Å². The van der Waals surface area contributed by atoms with E-state index < -0.39 is 0 Å². The van der Waals surface area contributed by atoms with E-state index in [1.165, 1.54) is 0 Å². The van der Waals surface area contributed by atoms with Gasteiger partial charge in [0.15, 0.2) is 0 Å². The predicted molar refractivity (Wildman–Crippen MR) is 45.2 cm³/mol. The molecule has 1 heterocycles. The lowest BCUT2D eigenvalue weighted by molar-refractivity contribution is -0.107. The van der Waals surface area contributed by atoms with E-state index in [9.17, 15) is 4.79 Å². The number of aromatic hydroxyl groups is 1. The molecule has 0 saturated heterocycles. The summed E-state index contributed by atoms with van der Waals surface area (Å²) in [6, 6.07) is 5.07. The zero-order valence-corrected chi connectivity index (χ0v) is 6.53. The summed E-state index contributed by atoms with van der Waals surface area (Å²) in [7, 11) is 0. The van der Waals surface area contributed by atoms with Gasteiger partial charge in [0.05, 0.1) is 0 Å². The molecule has 0 unspecified atom stereocenters. The zero-order valence-electron chi connectivity index (χ0n) is 6.53. The Morgan fingerprint density at radius 2 is 2.33 bits per heavy atom. The highest BCUT2D eigenvalue weighted by molar-refractivity contribution is 5.79. The standard InChI is InChI=1S/C9H9NO2/c11-6-10-4-3-7-5-8(12)1-2-9(7)10/h1-2,5-6,12H,3-4H2. The number of hydrogen-bond donors (Lipinski definition) is 1. The molecule has 12 heavy (non-hydrogen) atoms. The Bertz CT molecular complexity index is 322. The molecule has 1 aromatic rings. The minimum absolute atomic E-state index is 0.265. The van der Waals surface area contributed by atoms with Gasteiger partial charge >= 0.3 is 0 Å². The molecule has 62 valence electrons. The second-order valence-corrected chi connectivity index (χ2v) is 2.86. The molecule has 1 amide bonds. The van der Waals surface area contributed by atoms with Crippen LogP contribution in [0.2, 0.25) is 0 Å². The van der Waals surface area contributed by atoms with Gasteiger partial charge in [-0.2, -0.15) is 0 Å². The minimum atomic E-state index is 0.265. The molecule has 2 rings (SSSR count). The molecule has 1 N–H and O–H groups in total. The van der Waals surface area contributed by atoms with E-state index >= 15 is 0 Å². The molecule has 1 aliphatic rings. The molecule has 3 heteroatoms. The Balaban J connectivity index is 2.47. The summed E-state index contributed by atoms with van der Waals surface area (Å²) in [5.41, 5.74) is 1.96. The fourth-order valence-electron chi connectivity index (χ4n) is 1.52. The Hall–Kier alpha value is -1.51. The summed E-state index contributed by atoms with van der Waals surface area (Å²) in [6.07, 6.45) is 1.66. The Labute approximate surface area is 70.2 Å². The van der Waals surface area contributed by atoms with Gasteiger partial charge in [-0.05, 0) is 30.2 Å². The molecule has 0 spiro atoms. The summed E-state index contributed by atoms with van der Waals surface area (Å²) in [6.45, 7) is 0.724. The maximum absolute atomic E-state index is 10.5. The predicted octanol–water partition coefficient (Wildman–Crippen LogP) is 0.911. The number of phenolic OH excluding ortho intramolecular Hbond substituents is 1. The van der Waals surface area contributed by atoms with Crippen LogP contribution in [0.1, 0.15) is 5.56 Å². The van der Waals surface area contributed by atoms with Gasteiger partial charge in [0.25, 0.3) is 0 Å². The molecule has 3 nitrogen and oxygen atoms in total. The van der Waals surface area contributed by atoms with E-state index in [2.05, 4.69) is 0 Å². The smallest absolute Gasteiger partial charge is 0.214 e. The number of rotatable bonds is 1. The average Bonchev–Trinajstić information content (AvgIpc) is 2.46. The molecular weight excluding hydrogens is 154 g/mol. The van der Waals surface area contributed by atoms with Gasteiger partial charge < -0.3 is 10.0 Å². The van der Waals surface area contributed by atoms with E-state index in [-0.39, 0.29) is 5.75 Å². The molecule has 0 fully saturated rings. The first-order valence-corrected chi connectivity index (χ1v) is 3.85. The molecule has 0 radical (unpaired) electrons. The number of carbonyl (C=O) groups is 1. The highest BCUT2D eigenvalue weighted by Crippen LogP contribution is 2.29. The van der Waals surface area contributed by atoms with Crippen LogP contribution in [0, 0.1) is 0 Å². The number of nitrogens with zero attached hydrogens (tertiary/aromatic N) is 1. The monoisotopic (exact) mass is 163 g/mol. The second-order valence-electron chi connectivity index (χ2n) is 2.86. The van der Waals surface area contributed by atoms with Crippen molar-refractivity contribution in [1.29, 1.82) is 0 Å². The first kappa shape index (κ1) is 7.16. The number of anilines is 1. The van der Waals surface area contributed by atoms with Crippen LogP contribution in [0.25, 0.3) is 0 Å². The number of amides is 1. The highest BCUT2D eigenvalue weighted by atomic mass is 16.3. The topological polar surface area (TPSA) is 40.5 Å². The van der Waals surface area contributed by atoms with Crippen LogP contribution < -0.4 is 4.90 Å². The third kappa shape index (κ3) is 0.942. The van der Waals surface area contributed by atoms with E-state index in [1.807, 2.05) is 0 Å². The van der Waals surface area contributed by atoms with Crippen LogP contribution in [0.3, 0.4) is 0 Å². The van der Waals surface area contributed by atoms with Gasteiger partial charge in [-0.15, -0.1) is 0 Å². The molecule has 0 atom stereocenters. The maximum Gasteiger partial charge on any atom is 0.214 e. The lowest BCUT2D eigenvalue weighted by Gasteiger charge is -2.08. The number of carbonyl (C=O) groups excluding carboxylic acids is 1. The fraction of sp³-hybridized carbons (Fsp3) is 0.222. The lowest BCUT2D eigenvalue weighted by atomic mass is 10.1. The molecule has 0 aliphatic carbocycles. The number of benzene rings is 1. The molecular formula is C9H9NO2. The molecule has 0 bridgehead atoms. The summed E-state index contributed by atoms with van der Waals surface area (Å²) < 4.78 is 0. The van der Waals surface area contributed by atoms with Crippen molar-refractivity contribution in [2.45, 2.75) is 6.42 Å². The van der Waals surface area contributed by atoms with Crippen LogP contribution in [0.15, 0.2) is 18.2 Å². The second kappa shape index (κ2) is 2.52. The zero-order chi connectivity index (χ0) is 8.55. The van der Waals surface area contributed by atoms with Crippen LogP contribution in [-0.4, -0.2) is 18.1 Å². The Morgan fingerprint density at radius 3 is 3.08 bits per heavy atom. The van der Waals surface area contributed by atoms with Crippen molar-refractivity contribution in [3.8, 4) is 5.75 Å². The van der Waals surface area contributed by atoms with Gasteiger partial charge in [0, 0.05) is 12.2 Å². The van der Waals surface area contributed by atoms with Gasteiger partial charge in [-0.25, -0.2) is 0 Å². The van der Waals surface area contributed by atoms with Gasteiger partial charge in [0.2, 0.25) is 6.41 Å². The third-order valence-electron chi connectivity index (χ3n) is 2.12. The van der Waals surface area contributed by atoms with Crippen molar-refractivity contribution in [3.63, 3.8) is 0 Å². The summed E-state index contributed by atoms with van der Waals surface area (Å²) in [4.78, 5) is 12.2. The summed E-state index contributed by atoms with van der Waals surface area (Å²) >= 11 is 0. The molecule has 1 aliphatic heterocycles. The highest BCUT2D eigenvalue weighted by Gasteiger charge is 2.17. The normalized spacial score (nSPS) is 14.5. The molecule has 0 saturated carbocycles. The van der Waals surface area contributed by atoms with Gasteiger partial charge in [0.1, 0.15) is 5.75 Å². The first-order chi connectivity index (χ1) is 5.81. The summed E-state index contributed by atoms with van der Waals surface area (Å²) in [5, 5.41) is 9.15. The lowest BCUT2D eigenvalue weighted by Crippen LogP contribution is -2.16. The van der Waals surface area contributed by atoms with E-state index in [1.54, 1.807) is 23.1 Å². The minimum Gasteiger partial charge on any atom is -0.508 e. The fourth-order valence-corrected chi connectivity index (χ4v) is 1.52. The van der Waals surface area contributed by atoms with E-state index in [0.717, 1.165) is 30.6 Å². The van der Waals surface area contributed by atoms with Crippen molar-refractivity contribution < 1.29 is 9.90 Å². The van der Waals surface area contributed by atoms with Crippen molar-refractivity contribution >= 4 is 12.1 Å². The number of fused-ring (bicyclic) bond motifs is 1. The Morgan fingerprint density at radius 1 is 1.50 bits per heavy atom. The number of phenols is 1. The van der Waals surface area contributed by atoms with Crippen molar-refractivity contribution in [1.82, 2.24) is 0 Å². The van der Waals surface area contributed by atoms with Crippen LogP contribution in [0.5, 0.6) is 5.75 Å². The van der Waals surface area contributed by atoms with E-state index in [0.29, 0.717) is 0 Å². The van der Waals surface area contributed by atoms with Crippen molar-refractivity contribution in [2.75, 3.05) is 11.4 Å². The average molecular weight is 163 g/mol.